The van der Waals surface area contributed by atoms with Crippen molar-refractivity contribution in [2.45, 2.75) is 26.8 Å². The van der Waals surface area contributed by atoms with Gasteiger partial charge >= 0.3 is 0 Å². The third kappa shape index (κ3) is 4.03. The van der Waals surface area contributed by atoms with Crippen LogP contribution in [0.2, 0.25) is 0 Å². The Morgan fingerprint density at radius 3 is 2.37 bits per heavy atom. The zero-order chi connectivity index (χ0) is 19.4. The van der Waals surface area contributed by atoms with E-state index in [0.29, 0.717) is 11.3 Å². The van der Waals surface area contributed by atoms with Crippen LogP contribution >= 0.6 is 0 Å². The first-order valence-electron chi connectivity index (χ1n) is 8.59. The lowest BCUT2D eigenvalue weighted by Crippen LogP contribution is -2.25. The maximum Gasteiger partial charge on any atom is 0.257 e. The van der Waals surface area contributed by atoms with Gasteiger partial charge in [-0.2, -0.15) is 5.10 Å². The van der Waals surface area contributed by atoms with Gasteiger partial charge in [0.25, 0.3) is 5.91 Å². The number of hydrogen-bond donors (Lipinski definition) is 2. The van der Waals surface area contributed by atoms with Crippen LogP contribution in [0.5, 0.6) is 0 Å². The summed E-state index contributed by atoms with van der Waals surface area (Å²) < 4.78 is 1.45. The van der Waals surface area contributed by atoms with E-state index in [1.807, 2.05) is 32.0 Å². The first kappa shape index (κ1) is 18.3. The minimum atomic E-state index is -0.553. The van der Waals surface area contributed by atoms with Crippen molar-refractivity contribution in [1.82, 2.24) is 14.8 Å². The molecule has 0 aliphatic rings. The monoisotopic (exact) mass is 363 g/mol. The molecular weight excluding hydrogens is 342 g/mol. The SMILES string of the molecule is Cc1cccc(C)c1NC(=O)c1ccccc1NC(=O)[C@H](C)n1cncn1. The lowest BCUT2D eigenvalue weighted by Gasteiger charge is -2.16. The molecule has 0 saturated heterocycles. The average molecular weight is 363 g/mol. The first-order valence-corrected chi connectivity index (χ1v) is 8.59. The van der Waals surface area contributed by atoms with Crippen LogP contribution in [0.1, 0.15) is 34.5 Å². The molecule has 1 heterocycles. The van der Waals surface area contributed by atoms with E-state index in [2.05, 4.69) is 20.7 Å². The highest BCUT2D eigenvalue weighted by molar-refractivity contribution is 6.10. The van der Waals surface area contributed by atoms with E-state index < -0.39 is 6.04 Å². The Morgan fingerprint density at radius 2 is 1.70 bits per heavy atom. The largest absolute Gasteiger partial charge is 0.323 e. The number of carbonyl (C=O) groups excluding carboxylic acids is 2. The minimum absolute atomic E-state index is 0.281. The Kier molecular flexibility index (Phi) is 5.30. The van der Waals surface area contributed by atoms with Gasteiger partial charge in [0.05, 0.1) is 11.3 Å². The van der Waals surface area contributed by atoms with Crippen molar-refractivity contribution in [3.8, 4) is 0 Å². The molecule has 0 spiro atoms. The number of amides is 2. The fourth-order valence-corrected chi connectivity index (χ4v) is 2.76. The molecule has 1 aromatic heterocycles. The molecule has 2 aromatic carbocycles. The summed E-state index contributed by atoms with van der Waals surface area (Å²) in [6.07, 6.45) is 2.85. The summed E-state index contributed by atoms with van der Waals surface area (Å²) in [5.74, 6) is -0.565. The number of anilines is 2. The number of aryl methyl sites for hydroxylation is 2. The summed E-state index contributed by atoms with van der Waals surface area (Å²) in [5.41, 5.74) is 3.56. The molecule has 7 heteroatoms. The highest BCUT2D eigenvalue weighted by Crippen LogP contribution is 2.23. The first-order chi connectivity index (χ1) is 13.0. The molecule has 3 rings (SSSR count). The van der Waals surface area contributed by atoms with Crippen LogP contribution in [-0.2, 0) is 4.79 Å². The van der Waals surface area contributed by atoms with Crippen molar-refractivity contribution in [3.63, 3.8) is 0 Å². The Labute approximate surface area is 157 Å². The van der Waals surface area contributed by atoms with E-state index in [4.69, 9.17) is 0 Å². The Balaban J connectivity index is 1.81. The van der Waals surface area contributed by atoms with Gasteiger partial charge in [-0.05, 0) is 44.0 Å². The minimum Gasteiger partial charge on any atom is -0.323 e. The fourth-order valence-electron chi connectivity index (χ4n) is 2.76. The number of hydrogen-bond acceptors (Lipinski definition) is 4. The standard InChI is InChI=1S/C20H21N5O2/c1-13-7-6-8-14(2)18(13)24-20(27)16-9-4-5-10-17(16)23-19(26)15(3)25-12-21-11-22-25/h4-12,15H,1-3H3,(H,23,26)(H,24,27)/t15-/m0/s1. The summed E-state index contributed by atoms with van der Waals surface area (Å²) in [6.45, 7) is 5.59. The van der Waals surface area contributed by atoms with Crippen molar-refractivity contribution in [2.75, 3.05) is 10.6 Å². The molecule has 2 N–H and O–H groups in total. The molecule has 0 saturated carbocycles. The van der Waals surface area contributed by atoms with Crippen LogP contribution in [0, 0.1) is 13.8 Å². The van der Waals surface area contributed by atoms with Crippen LogP contribution in [0.4, 0.5) is 11.4 Å². The molecule has 0 radical (unpaired) electrons. The van der Waals surface area contributed by atoms with Gasteiger partial charge in [0.1, 0.15) is 18.7 Å². The maximum absolute atomic E-state index is 12.8. The molecular formula is C20H21N5O2. The number of carbonyl (C=O) groups is 2. The number of rotatable bonds is 5. The van der Waals surface area contributed by atoms with Crippen molar-refractivity contribution in [3.05, 3.63) is 71.8 Å². The van der Waals surface area contributed by atoms with E-state index >= 15 is 0 Å². The molecule has 0 bridgehead atoms. The van der Waals surface area contributed by atoms with Crippen molar-refractivity contribution in [1.29, 1.82) is 0 Å². The molecule has 3 aromatic rings. The Bertz CT molecular complexity index is 946. The fraction of sp³-hybridized carbons (Fsp3) is 0.200. The average Bonchev–Trinajstić information content (AvgIpc) is 3.19. The Morgan fingerprint density at radius 1 is 1.00 bits per heavy atom. The third-order valence-electron chi connectivity index (χ3n) is 4.36. The molecule has 0 fully saturated rings. The van der Waals surface area contributed by atoms with Gasteiger partial charge in [-0.3, -0.25) is 9.59 Å². The summed E-state index contributed by atoms with van der Waals surface area (Å²) in [5, 5.41) is 9.73. The number of aromatic nitrogens is 3. The van der Waals surface area contributed by atoms with Gasteiger partial charge in [0.2, 0.25) is 5.91 Å². The van der Waals surface area contributed by atoms with Crippen LogP contribution in [0.15, 0.2) is 55.1 Å². The predicted octanol–water partition coefficient (Wildman–Crippen LogP) is 3.35. The van der Waals surface area contributed by atoms with E-state index in [1.54, 1.807) is 31.2 Å². The van der Waals surface area contributed by atoms with E-state index in [9.17, 15) is 9.59 Å². The number of nitrogens with zero attached hydrogens (tertiary/aromatic N) is 3. The van der Waals surface area contributed by atoms with Gasteiger partial charge in [0, 0.05) is 5.69 Å². The van der Waals surface area contributed by atoms with Gasteiger partial charge in [0.15, 0.2) is 0 Å². The van der Waals surface area contributed by atoms with Crippen molar-refractivity contribution in [2.24, 2.45) is 0 Å². The zero-order valence-electron chi connectivity index (χ0n) is 15.4. The second kappa shape index (κ2) is 7.82. The number of nitrogens with one attached hydrogen (secondary N) is 2. The van der Waals surface area contributed by atoms with Gasteiger partial charge in [-0.1, -0.05) is 30.3 Å². The van der Waals surface area contributed by atoms with Crippen molar-refractivity contribution < 1.29 is 9.59 Å². The summed E-state index contributed by atoms with van der Waals surface area (Å²) in [6, 6.07) is 12.2. The van der Waals surface area contributed by atoms with Crippen molar-refractivity contribution >= 4 is 23.2 Å². The molecule has 1 atom stereocenters. The van der Waals surface area contributed by atoms with Crippen LogP contribution in [-0.4, -0.2) is 26.6 Å². The normalized spacial score (nSPS) is 11.7. The smallest absolute Gasteiger partial charge is 0.257 e. The van der Waals surface area contributed by atoms with E-state index in [0.717, 1.165) is 16.8 Å². The quantitative estimate of drug-likeness (QED) is 0.727. The molecule has 27 heavy (non-hydrogen) atoms. The highest BCUT2D eigenvalue weighted by Gasteiger charge is 2.19. The second-order valence-electron chi connectivity index (χ2n) is 6.31. The topological polar surface area (TPSA) is 88.9 Å². The second-order valence-corrected chi connectivity index (χ2v) is 6.31. The van der Waals surface area contributed by atoms with E-state index in [1.165, 1.54) is 17.3 Å². The number of para-hydroxylation sites is 2. The lowest BCUT2D eigenvalue weighted by molar-refractivity contribution is -0.119. The summed E-state index contributed by atoms with van der Waals surface area (Å²) in [7, 11) is 0. The van der Waals surface area contributed by atoms with E-state index in [-0.39, 0.29) is 11.8 Å². The summed E-state index contributed by atoms with van der Waals surface area (Å²) >= 11 is 0. The summed E-state index contributed by atoms with van der Waals surface area (Å²) in [4.78, 5) is 29.2. The maximum atomic E-state index is 12.8. The molecule has 138 valence electrons. The molecule has 0 unspecified atom stereocenters. The highest BCUT2D eigenvalue weighted by atomic mass is 16.2. The van der Waals surface area contributed by atoms with Gasteiger partial charge < -0.3 is 10.6 Å². The van der Waals surface area contributed by atoms with Crippen LogP contribution in [0.3, 0.4) is 0 Å². The molecule has 2 amide bonds. The third-order valence-corrected chi connectivity index (χ3v) is 4.36. The molecule has 7 nitrogen and oxygen atoms in total. The molecule has 0 aliphatic carbocycles. The Hall–Kier alpha value is -3.48. The van der Waals surface area contributed by atoms with Gasteiger partial charge in [-0.25, -0.2) is 9.67 Å². The number of benzene rings is 2. The van der Waals surface area contributed by atoms with Crippen LogP contribution < -0.4 is 10.6 Å². The van der Waals surface area contributed by atoms with Crippen LogP contribution in [0.25, 0.3) is 0 Å². The lowest BCUT2D eigenvalue weighted by atomic mass is 10.1. The predicted molar refractivity (Wildman–Crippen MR) is 104 cm³/mol. The molecule has 0 aliphatic heterocycles. The van der Waals surface area contributed by atoms with Gasteiger partial charge in [-0.15, -0.1) is 0 Å². The zero-order valence-corrected chi connectivity index (χ0v) is 15.4.